The number of carbonyl (C=O) groups is 1. The molecule has 98 valence electrons. The molecule has 2 heterocycles. The van der Waals surface area contributed by atoms with Crippen LogP contribution in [0, 0.1) is 0 Å². The Hall–Kier alpha value is -1.94. The Morgan fingerprint density at radius 1 is 1.47 bits per heavy atom. The van der Waals surface area contributed by atoms with E-state index in [1.165, 1.54) is 11.1 Å². The van der Waals surface area contributed by atoms with E-state index in [4.69, 9.17) is 0 Å². The van der Waals surface area contributed by atoms with Crippen LogP contribution in [0.4, 0.5) is 0 Å². The summed E-state index contributed by atoms with van der Waals surface area (Å²) in [5.41, 5.74) is 3.21. The lowest BCUT2D eigenvalue weighted by molar-refractivity contribution is 0.102. The summed E-state index contributed by atoms with van der Waals surface area (Å²) in [7, 11) is 0. The molecule has 2 aromatic rings. The zero-order valence-corrected chi connectivity index (χ0v) is 11.0. The van der Waals surface area contributed by atoms with Gasteiger partial charge in [0.05, 0.1) is 0 Å². The topological polar surface area (TPSA) is 46.9 Å². The zero-order chi connectivity index (χ0) is 13.2. The number of rotatable bonds is 3. The molecular formula is C15H17N3O. The van der Waals surface area contributed by atoms with Crippen molar-refractivity contribution < 1.29 is 4.79 Å². The largest absolute Gasteiger partial charge is 0.328 e. The first kappa shape index (κ1) is 12.1. The van der Waals surface area contributed by atoms with E-state index >= 15 is 0 Å². The van der Waals surface area contributed by atoms with E-state index in [1.54, 1.807) is 6.20 Å². The van der Waals surface area contributed by atoms with Crippen molar-refractivity contribution in [3.8, 4) is 0 Å². The summed E-state index contributed by atoms with van der Waals surface area (Å²) in [6.45, 7) is 4.55. The molecule has 1 N–H and O–H groups in total. The second-order valence-electron chi connectivity index (χ2n) is 4.74. The molecule has 0 aliphatic carbocycles. The molecule has 1 aliphatic rings. The Morgan fingerprint density at radius 3 is 3.21 bits per heavy atom. The van der Waals surface area contributed by atoms with Crippen LogP contribution in [0.5, 0.6) is 0 Å². The number of benzene rings is 1. The van der Waals surface area contributed by atoms with E-state index < -0.39 is 0 Å². The molecule has 1 aromatic carbocycles. The van der Waals surface area contributed by atoms with Crippen molar-refractivity contribution in [2.24, 2.45) is 0 Å². The highest BCUT2D eigenvalue weighted by molar-refractivity contribution is 6.08. The number of nitrogens with one attached hydrogen (secondary N) is 1. The predicted molar refractivity (Wildman–Crippen MR) is 73.2 cm³/mol. The number of nitrogens with zero attached hydrogens (tertiary/aromatic N) is 2. The van der Waals surface area contributed by atoms with Crippen LogP contribution in [0.3, 0.4) is 0 Å². The molecule has 1 aliphatic heterocycles. The van der Waals surface area contributed by atoms with E-state index in [-0.39, 0.29) is 5.78 Å². The van der Waals surface area contributed by atoms with Crippen LogP contribution in [0.15, 0.2) is 30.6 Å². The molecule has 0 unspecified atom stereocenters. The van der Waals surface area contributed by atoms with E-state index in [0.29, 0.717) is 5.82 Å². The quantitative estimate of drug-likeness (QED) is 0.850. The van der Waals surface area contributed by atoms with Gasteiger partial charge in [-0.1, -0.05) is 18.2 Å². The molecule has 3 rings (SSSR count). The molecule has 0 saturated carbocycles. The van der Waals surface area contributed by atoms with E-state index in [9.17, 15) is 4.79 Å². The van der Waals surface area contributed by atoms with Crippen molar-refractivity contribution in [1.29, 1.82) is 0 Å². The van der Waals surface area contributed by atoms with E-state index in [0.717, 1.165) is 31.6 Å². The van der Waals surface area contributed by atoms with Crippen molar-refractivity contribution in [3.05, 3.63) is 53.1 Å². The third kappa shape index (κ3) is 2.08. The molecular weight excluding hydrogens is 238 g/mol. The maximum Gasteiger partial charge on any atom is 0.228 e. The summed E-state index contributed by atoms with van der Waals surface area (Å²) in [5, 5.41) is 3.33. The van der Waals surface area contributed by atoms with E-state index in [2.05, 4.69) is 16.4 Å². The van der Waals surface area contributed by atoms with Crippen molar-refractivity contribution in [1.82, 2.24) is 14.9 Å². The SMILES string of the molecule is CCn1ccnc1C(=O)c1cccc2c1CCNC2. The lowest BCUT2D eigenvalue weighted by Gasteiger charge is -2.19. The lowest BCUT2D eigenvalue weighted by Crippen LogP contribution is -2.26. The maximum absolute atomic E-state index is 12.7. The van der Waals surface area contributed by atoms with Gasteiger partial charge in [-0.05, 0) is 31.0 Å². The lowest BCUT2D eigenvalue weighted by atomic mass is 9.93. The molecule has 0 atom stereocenters. The summed E-state index contributed by atoms with van der Waals surface area (Å²) >= 11 is 0. The van der Waals surface area contributed by atoms with Crippen LogP contribution in [-0.2, 0) is 19.5 Å². The van der Waals surface area contributed by atoms with Crippen molar-refractivity contribution in [3.63, 3.8) is 0 Å². The number of imidazole rings is 1. The first-order valence-electron chi connectivity index (χ1n) is 6.68. The predicted octanol–water partition coefficient (Wildman–Crippen LogP) is 1.78. The van der Waals surface area contributed by atoms with Gasteiger partial charge < -0.3 is 9.88 Å². The number of hydrogen-bond acceptors (Lipinski definition) is 3. The summed E-state index contributed by atoms with van der Waals surface area (Å²) in [5.74, 6) is 0.569. The number of hydrogen-bond donors (Lipinski definition) is 1. The molecule has 4 heteroatoms. The molecule has 19 heavy (non-hydrogen) atoms. The van der Waals surface area contributed by atoms with Crippen molar-refractivity contribution in [2.45, 2.75) is 26.4 Å². The fourth-order valence-corrected chi connectivity index (χ4v) is 2.64. The van der Waals surface area contributed by atoms with Crippen molar-refractivity contribution in [2.75, 3.05) is 6.54 Å². The highest BCUT2D eigenvalue weighted by atomic mass is 16.1. The Kier molecular flexibility index (Phi) is 3.17. The summed E-state index contributed by atoms with van der Waals surface area (Å²) in [4.78, 5) is 16.9. The van der Waals surface area contributed by atoms with Gasteiger partial charge in [-0.25, -0.2) is 4.98 Å². The first-order chi connectivity index (χ1) is 9.31. The highest BCUT2D eigenvalue weighted by Gasteiger charge is 2.21. The number of aryl methyl sites for hydroxylation is 1. The minimum absolute atomic E-state index is 0.0330. The van der Waals surface area contributed by atoms with Crippen LogP contribution < -0.4 is 5.32 Å². The average Bonchev–Trinajstić information content (AvgIpc) is 2.94. The van der Waals surface area contributed by atoms with Crippen molar-refractivity contribution >= 4 is 5.78 Å². The third-order valence-electron chi connectivity index (χ3n) is 3.64. The van der Waals surface area contributed by atoms with Gasteiger partial charge in [0.1, 0.15) is 0 Å². The third-order valence-corrected chi connectivity index (χ3v) is 3.64. The molecule has 0 fully saturated rings. The van der Waals surface area contributed by atoms with Gasteiger partial charge in [0.25, 0.3) is 0 Å². The molecule has 0 amide bonds. The summed E-state index contributed by atoms with van der Waals surface area (Å²) in [6, 6.07) is 5.96. The van der Waals surface area contributed by atoms with Crippen LogP contribution >= 0.6 is 0 Å². The zero-order valence-electron chi connectivity index (χ0n) is 11.0. The molecule has 0 bridgehead atoms. The molecule has 0 saturated heterocycles. The number of aromatic nitrogens is 2. The Balaban J connectivity index is 2.05. The van der Waals surface area contributed by atoms with Crippen LogP contribution in [-0.4, -0.2) is 21.9 Å². The van der Waals surface area contributed by atoms with Gasteiger partial charge in [0, 0.05) is 31.0 Å². The first-order valence-corrected chi connectivity index (χ1v) is 6.68. The standard InChI is InChI=1S/C15H17N3O/c1-2-18-9-8-17-15(18)14(19)13-5-3-4-11-10-16-7-6-12(11)13/h3-5,8-9,16H,2,6-7,10H2,1H3. The Labute approximate surface area is 112 Å². The Bertz CT molecular complexity index is 616. The van der Waals surface area contributed by atoms with Gasteiger partial charge in [0.2, 0.25) is 5.78 Å². The van der Waals surface area contributed by atoms with Gasteiger partial charge in [-0.2, -0.15) is 0 Å². The normalized spacial score (nSPS) is 14.2. The van der Waals surface area contributed by atoms with Crippen LogP contribution in [0.1, 0.15) is 34.2 Å². The number of carbonyl (C=O) groups excluding carboxylic acids is 1. The minimum atomic E-state index is 0.0330. The smallest absolute Gasteiger partial charge is 0.228 e. The fourth-order valence-electron chi connectivity index (χ4n) is 2.64. The van der Waals surface area contributed by atoms with Gasteiger partial charge in [-0.3, -0.25) is 4.79 Å². The monoisotopic (exact) mass is 255 g/mol. The van der Waals surface area contributed by atoms with Gasteiger partial charge in [-0.15, -0.1) is 0 Å². The highest BCUT2D eigenvalue weighted by Crippen LogP contribution is 2.21. The van der Waals surface area contributed by atoms with Gasteiger partial charge >= 0.3 is 0 Å². The molecule has 4 nitrogen and oxygen atoms in total. The second-order valence-corrected chi connectivity index (χ2v) is 4.74. The van der Waals surface area contributed by atoms with Crippen LogP contribution in [0.2, 0.25) is 0 Å². The van der Waals surface area contributed by atoms with Crippen LogP contribution in [0.25, 0.3) is 0 Å². The maximum atomic E-state index is 12.7. The molecule has 0 radical (unpaired) electrons. The number of fused-ring (bicyclic) bond motifs is 1. The Morgan fingerprint density at radius 2 is 2.37 bits per heavy atom. The van der Waals surface area contributed by atoms with Gasteiger partial charge in [0.15, 0.2) is 5.82 Å². The molecule has 1 aromatic heterocycles. The summed E-state index contributed by atoms with van der Waals surface area (Å²) < 4.78 is 1.89. The average molecular weight is 255 g/mol. The number of ketones is 1. The molecule has 0 spiro atoms. The second kappa shape index (κ2) is 4.97. The minimum Gasteiger partial charge on any atom is -0.328 e. The fraction of sp³-hybridized carbons (Fsp3) is 0.333. The van der Waals surface area contributed by atoms with E-state index in [1.807, 2.05) is 29.8 Å². The summed E-state index contributed by atoms with van der Waals surface area (Å²) in [6.07, 6.45) is 4.45.